The topological polar surface area (TPSA) is 12.9 Å². The van der Waals surface area contributed by atoms with Gasteiger partial charge in [0.2, 0.25) is 0 Å². The Labute approximate surface area is 111 Å². The lowest BCUT2D eigenvalue weighted by Gasteiger charge is -1.96. The molecule has 0 atom stereocenters. The summed E-state index contributed by atoms with van der Waals surface area (Å²) >= 11 is 5.92. The molecule has 1 nitrogen and oxygen atoms in total. The standard InChI is InChI=1S/C9H6ClN.3C2H6/c10-8-5-6-11-9-4-2-1-3-7(8)9;3*1-2/h1-6H;3*1-2H3. The smallest absolute Gasteiger partial charge is 0.0716 e. The number of hydrogen-bond acceptors (Lipinski definition) is 1. The molecule has 0 aliphatic heterocycles. The van der Waals surface area contributed by atoms with Gasteiger partial charge >= 0.3 is 0 Å². The number of aromatic nitrogens is 1. The molecular weight excluding hydrogens is 230 g/mol. The van der Waals surface area contributed by atoms with Gasteiger partial charge in [-0.3, -0.25) is 4.98 Å². The van der Waals surface area contributed by atoms with Crippen molar-refractivity contribution in [2.75, 3.05) is 0 Å². The van der Waals surface area contributed by atoms with Crippen LogP contribution in [0.1, 0.15) is 41.5 Å². The number of hydrogen-bond donors (Lipinski definition) is 0. The molecule has 1 aromatic carbocycles. The van der Waals surface area contributed by atoms with Gasteiger partial charge < -0.3 is 0 Å². The Morgan fingerprint density at radius 1 is 0.824 bits per heavy atom. The zero-order chi connectivity index (χ0) is 13.7. The second-order valence-corrected chi connectivity index (χ2v) is 2.72. The summed E-state index contributed by atoms with van der Waals surface area (Å²) in [6.07, 6.45) is 1.71. The third-order valence-electron chi connectivity index (χ3n) is 1.60. The molecule has 0 saturated heterocycles. The van der Waals surface area contributed by atoms with Crippen LogP contribution >= 0.6 is 11.6 Å². The van der Waals surface area contributed by atoms with E-state index in [0.29, 0.717) is 0 Å². The van der Waals surface area contributed by atoms with E-state index in [4.69, 9.17) is 11.6 Å². The van der Waals surface area contributed by atoms with Crippen molar-refractivity contribution < 1.29 is 0 Å². The first-order valence-electron chi connectivity index (χ1n) is 6.37. The summed E-state index contributed by atoms with van der Waals surface area (Å²) in [5.41, 5.74) is 0.944. The molecule has 0 aliphatic carbocycles. The van der Waals surface area contributed by atoms with Gasteiger partial charge in [-0.1, -0.05) is 71.3 Å². The van der Waals surface area contributed by atoms with Crippen LogP contribution < -0.4 is 0 Å². The van der Waals surface area contributed by atoms with Crippen LogP contribution in [0.2, 0.25) is 5.02 Å². The van der Waals surface area contributed by atoms with Gasteiger partial charge in [0, 0.05) is 11.6 Å². The van der Waals surface area contributed by atoms with Crippen LogP contribution in [-0.2, 0) is 0 Å². The average Bonchev–Trinajstić information content (AvgIpc) is 2.46. The van der Waals surface area contributed by atoms with Gasteiger partial charge in [0.05, 0.1) is 10.5 Å². The van der Waals surface area contributed by atoms with E-state index < -0.39 is 0 Å². The Morgan fingerprint density at radius 2 is 1.35 bits per heavy atom. The van der Waals surface area contributed by atoms with Crippen LogP contribution in [0.15, 0.2) is 36.5 Å². The number of pyridine rings is 1. The van der Waals surface area contributed by atoms with E-state index in [1.807, 2.05) is 65.8 Å². The second-order valence-electron chi connectivity index (χ2n) is 2.31. The van der Waals surface area contributed by atoms with Gasteiger partial charge in [-0.15, -0.1) is 0 Å². The molecule has 0 spiro atoms. The highest BCUT2D eigenvalue weighted by atomic mass is 35.5. The van der Waals surface area contributed by atoms with Crippen molar-refractivity contribution in [3.63, 3.8) is 0 Å². The minimum absolute atomic E-state index is 0.760. The largest absolute Gasteiger partial charge is 0.256 e. The molecule has 1 aromatic heterocycles. The van der Waals surface area contributed by atoms with E-state index in [-0.39, 0.29) is 0 Å². The minimum atomic E-state index is 0.760. The van der Waals surface area contributed by atoms with Gasteiger partial charge in [-0.25, -0.2) is 0 Å². The first-order chi connectivity index (χ1) is 8.38. The van der Waals surface area contributed by atoms with Crippen LogP contribution in [0, 0.1) is 0 Å². The summed E-state index contributed by atoms with van der Waals surface area (Å²) in [5, 5.41) is 1.77. The Morgan fingerprint density at radius 3 is 1.88 bits per heavy atom. The fourth-order valence-corrected chi connectivity index (χ4v) is 1.28. The summed E-state index contributed by atoms with van der Waals surface area (Å²) in [5.74, 6) is 0. The average molecular weight is 254 g/mol. The summed E-state index contributed by atoms with van der Waals surface area (Å²) in [6, 6.07) is 9.61. The molecule has 96 valence electrons. The monoisotopic (exact) mass is 253 g/mol. The van der Waals surface area contributed by atoms with E-state index in [1.54, 1.807) is 12.3 Å². The molecule has 1 heterocycles. The van der Waals surface area contributed by atoms with Crippen LogP contribution in [0.3, 0.4) is 0 Å². The van der Waals surface area contributed by atoms with Crippen molar-refractivity contribution in [2.45, 2.75) is 41.5 Å². The van der Waals surface area contributed by atoms with Gasteiger partial charge in [-0.05, 0) is 12.1 Å². The third-order valence-corrected chi connectivity index (χ3v) is 1.93. The first-order valence-corrected chi connectivity index (χ1v) is 6.75. The van der Waals surface area contributed by atoms with E-state index in [2.05, 4.69) is 4.98 Å². The maximum absolute atomic E-state index is 5.92. The van der Waals surface area contributed by atoms with Crippen molar-refractivity contribution in [1.29, 1.82) is 0 Å². The number of rotatable bonds is 0. The Balaban J connectivity index is 0. The van der Waals surface area contributed by atoms with Crippen LogP contribution in [0.25, 0.3) is 10.9 Å². The van der Waals surface area contributed by atoms with Crippen molar-refractivity contribution in [1.82, 2.24) is 4.98 Å². The number of halogens is 1. The van der Waals surface area contributed by atoms with Crippen LogP contribution in [-0.4, -0.2) is 4.98 Å². The summed E-state index contributed by atoms with van der Waals surface area (Å²) in [6.45, 7) is 12.0. The molecule has 0 bridgehead atoms. The highest BCUT2D eigenvalue weighted by molar-refractivity contribution is 6.35. The molecule has 0 aliphatic rings. The summed E-state index contributed by atoms with van der Waals surface area (Å²) in [4.78, 5) is 4.16. The normalized spacial score (nSPS) is 7.71. The number of fused-ring (bicyclic) bond motifs is 1. The lowest BCUT2D eigenvalue weighted by molar-refractivity contribution is 1.41. The zero-order valence-corrected chi connectivity index (χ0v) is 12.5. The molecule has 2 aromatic rings. The molecule has 0 saturated carbocycles. The Bertz CT molecular complexity index is 380. The highest BCUT2D eigenvalue weighted by Gasteiger charge is 1.95. The second kappa shape index (κ2) is 13.0. The lowest BCUT2D eigenvalue weighted by Crippen LogP contribution is -1.76. The molecular formula is C15H24ClN. The maximum atomic E-state index is 5.92. The number of nitrogens with zero attached hydrogens (tertiary/aromatic N) is 1. The molecule has 0 radical (unpaired) electrons. The van der Waals surface area contributed by atoms with E-state index >= 15 is 0 Å². The fraction of sp³-hybridized carbons (Fsp3) is 0.400. The predicted octanol–water partition coefficient (Wildman–Crippen LogP) is 5.97. The SMILES string of the molecule is CC.CC.CC.Clc1ccnc2ccccc12. The molecule has 2 heteroatoms. The third kappa shape index (κ3) is 6.28. The van der Waals surface area contributed by atoms with Gasteiger partial charge in [-0.2, -0.15) is 0 Å². The van der Waals surface area contributed by atoms with Crippen molar-refractivity contribution in [3.8, 4) is 0 Å². The zero-order valence-electron chi connectivity index (χ0n) is 11.8. The van der Waals surface area contributed by atoms with Gasteiger partial charge in [0.25, 0.3) is 0 Å². The first kappa shape index (κ1) is 18.3. The summed E-state index contributed by atoms with van der Waals surface area (Å²) < 4.78 is 0. The Kier molecular flexibility index (Phi) is 14.0. The van der Waals surface area contributed by atoms with E-state index in [9.17, 15) is 0 Å². The number of benzene rings is 1. The number of para-hydroxylation sites is 1. The molecule has 0 N–H and O–H groups in total. The lowest BCUT2D eigenvalue weighted by atomic mass is 10.2. The van der Waals surface area contributed by atoms with E-state index in [0.717, 1.165) is 15.9 Å². The van der Waals surface area contributed by atoms with Crippen molar-refractivity contribution in [2.24, 2.45) is 0 Å². The molecule has 0 fully saturated rings. The molecule has 17 heavy (non-hydrogen) atoms. The minimum Gasteiger partial charge on any atom is -0.256 e. The predicted molar refractivity (Wildman–Crippen MR) is 80.8 cm³/mol. The quantitative estimate of drug-likeness (QED) is 0.564. The van der Waals surface area contributed by atoms with Crippen LogP contribution in [0.4, 0.5) is 0 Å². The van der Waals surface area contributed by atoms with Crippen molar-refractivity contribution in [3.05, 3.63) is 41.6 Å². The molecule has 0 unspecified atom stereocenters. The Hall–Kier alpha value is -1.08. The van der Waals surface area contributed by atoms with Gasteiger partial charge in [0.1, 0.15) is 0 Å². The highest BCUT2D eigenvalue weighted by Crippen LogP contribution is 2.19. The molecule has 2 rings (SSSR count). The summed E-state index contributed by atoms with van der Waals surface area (Å²) in [7, 11) is 0. The van der Waals surface area contributed by atoms with Gasteiger partial charge in [0.15, 0.2) is 0 Å². The maximum Gasteiger partial charge on any atom is 0.0716 e. The van der Waals surface area contributed by atoms with Crippen LogP contribution in [0.5, 0.6) is 0 Å². The van der Waals surface area contributed by atoms with E-state index in [1.165, 1.54) is 0 Å². The fourth-order valence-electron chi connectivity index (χ4n) is 1.06. The molecule has 0 amide bonds. The van der Waals surface area contributed by atoms with Crippen molar-refractivity contribution >= 4 is 22.5 Å².